The molecule has 21 heavy (non-hydrogen) atoms. The molecule has 0 spiro atoms. The van der Waals surface area contributed by atoms with Gasteiger partial charge in [0, 0.05) is 5.69 Å². The molecule has 114 valence electrons. The van der Waals surface area contributed by atoms with Crippen LogP contribution >= 0.6 is 0 Å². The number of amides is 2. The molecule has 0 bridgehead atoms. The Kier molecular flexibility index (Phi) is 3.65. The lowest BCUT2D eigenvalue weighted by Crippen LogP contribution is -2.35. The van der Waals surface area contributed by atoms with Gasteiger partial charge in [0.15, 0.2) is 0 Å². The molecule has 5 nitrogen and oxygen atoms in total. The molecule has 0 radical (unpaired) electrons. The van der Waals surface area contributed by atoms with Gasteiger partial charge in [-0.15, -0.1) is 0 Å². The Balaban J connectivity index is 1.91. The zero-order valence-corrected chi connectivity index (χ0v) is 13.0. The van der Waals surface area contributed by atoms with E-state index in [1.807, 2.05) is 0 Å². The minimum absolute atomic E-state index is 0.106. The first-order valence-electron chi connectivity index (χ1n) is 7.48. The lowest BCUT2D eigenvalue weighted by molar-refractivity contribution is 0.256. The zero-order valence-electron chi connectivity index (χ0n) is 12.2. The largest absolute Gasteiger partial charge is 0.332 e. The summed E-state index contributed by atoms with van der Waals surface area (Å²) in [6, 6.07) is 1.63. The number of anilines is 1. The van der Waals surface area contributed by atoms with E-state index in [-0.39, 0.29) is 5.75 Å². The van der Waals surface area contributed by atoms with Crippen LogP contribution in [0.3, 0.4) is 0 Å². The number of rotatable bonds is 3. The van der Waals surface area contributed by atoms with Crippen LogP contribution in [0.5, 0.6) is 0 Å². The minimum Gasteiger partial charge on any atom is -0.307 e. The normalized spacial score (nSPS) is 16.4. The molecule has 1 aromatic carbocycles. The number of carbonyl (C=O) groups excluding carboxylic acids is 1. The Morgan fingerprint density at radius 2 is 1.67 bits per heavy atom. The molecule has 0 saturated heterocycles. The Morgan fingerprint density at radius 1 is 1.10 bits per heavy atom. The van der Waals surface area contributed by atoms with Crippen LogP contribution in [0.2, 0.25) is 0 Å². The van der Waals surface area contributed by atoms with Gasteiger partial charge >= 0.3 is 6.03 Å². The van der Waals surface area contributed by atoms with Gasteiger partial charge in [0.05, 0.1) is 5.75 Å². The van der Waals surface area contributed by atoms with Crippen molar-refractivity contribution >= 4 is 21.7 Å². The predicted molar refractivity (Wildman–Crippen MR) is 82.1 cm³/mol. The number of carbonyl (C=O) groups is 1. The summed E-state index contributed by atoms with van der Waals surface area (Å²) in [5, 5.41) is 2.80. The molecule has 0 unspecified atom stereocenters. The monoisotopic (exact) mass is 308 g/mol. The Hall–Kier alpha value is -1.56. The summed E-state index contributed by atoms with van der Waals surface area (Å²) >= 11 is 0. The molecular weight excluding hydrogens is 288 g/mol. The van der Waals surface area contributed by atoms with Crippen LogP contribution in [0.25, 0.3) is 0 Å². The third-order valence-corrected chi connectivity index (χ3v) is 5.60. The van der Waals surface area contributed by atoms with Crippen LogP contribution in [-0.4, -0.2) is 20.2 Å². The van der Waals surface area contributed by atoms with E-state index in [1.165, 1.54) is 29.2 Å². The number of sulfonamides is 1. The number of benzene rings is 1. The van der Waals surface area contributed by atoms with Crippen LogP contribution < -0.4 is 10.0 Å². The van der Waals surface area contributed by atoms with Crippen LogP contribution in [0, 0.1) is 0 Å². The summed E-state index contributed by atoms with van der Waals surface area (Å²) < 4.78 is 25.0. The molecular formula is C15H20N2O3S. The molecule has 0 heterocycles. The molecule has 2 aliphatic carbocycles. The first-order valence-corrected chi connectivity index (χ1v) is 9.13. The quantitative estimate of drug-likeness (QED) is 0.898. The molecule has 0 atom stereocenters. The first kappa shape index (κ1) is 14.4. The van der Waals surface area contributed by atoms with Gasteiger partial charge in [-0.3, -0.25) is 0 Å². The predicted octanol–water partition coefficient (Wildman–Crippen LogP) is 2.14. The van der Waals surface area contributed by atoms with Gasteiger partial charge in [0.25, 0.3) is 0 Å². The number of hydrogen-bond donors (Lipinski definition) is 2. The maximum absolute atomic E-state index is 12.0. The van der Waals surface area contributed by atoms with Crippen molar-refractivity contribution in [3.63, 3.8) is 0 Å². The molecule has 0 aromatic heterocycles. The molecule has 1 aromatic rings. The van der Waals surface area contributed by atoms with Gasteiger partial charge in [-0.25, -0.2) is 17.9 Å². The van der Waals surface area contributed by atoms with Crippen LogP contribution in [0.4, 0.5) is 10.5 Å². The standard InChI is InChI=1S/C15H20N2O3S/c1-2-21(19,20)17-15(18)16-14-12-7-3-5-10(12)9-11-6-4-8-13(11)14/h9H,2-8H2,1H3,(H2,16,17,18). The van der Waals surface area contributed by atoms with Crippen molar-refractivity contribution in [1.29, 1.82) is 0 Å². The maximum atomic E-state index is 12.0. The summed E-state index contributed by atoms with van der Waals surface area (Å²) in [5.41, 5.74) is 5.87. The molecule has 2 amide bonds. The van der Waals surface area contributed by atoms with E-state index in [9.17, 15) is 13.2 Å². The number of urea groups is 1. The average Bonchev–Trinajstić information content (AvgIpc) is 3.06. The molecule has 2 aliphatic rings. The summed E-state index contributed by atoms with van der Waals surface area (Å²) in [6.45, 7) is 1.51. The summed E-state index contributed by atoms with van der Waals surface area (Å²) in [5.74, 6) is -0.106. The molecule has 0 saturated carbocycles. The summed E-state index contributed by atoms with van der Waals surface area (Å²) in [7, 11) is -3.53. The van der Waals surface area contributed by atoms with E-state index in [4.69, 9.17) is 0 Å². The van der Waals surface area contributed by atoms with E-state index in [0.717, 1.165) is 44.2 Å². The van der Waals surface area contributed by atoms with Crippen molar-refractivity contribution < 1.29 is 13.2 Å². The van der Waals surface area contributed by atoms with E-state index >= 15 is 0 Å². The van der Waals surface area contributed by atoms with Gasteiger partial charge in [0.1, 0.15) is 0 Å². The van der Waals surface area contributed by atoms with Crippen LogP contribution in [0.1, 0.15) is 42.0 Å². The fraction of sp³-hybridized carbons (Fsp3) is 0.533. The van der Waals surface area contributed by atoms with E-state index in [2.05, 4.69) is 16.1 Å². The Bertz CT molecular complexity index is 663. The molecule has 0 fully saturated rings. The highest BCUT2D eigenvalue weighted by atomic mass is 32.2. The number of aryl methyl sites for hydroxylation is 2. The summed E-state index contributed by atoms with van der Waals surface area (Å²) in [4.78, 5) is 12.0. The highest BCUT2D eigenvalue weighted by Gasteiger charge is 2.25. The summed E-state index contributed by atoms with van der Waals surface area (Å²) in [6.07, 6.45) is 6.21. The number of nitrogens with one attached hydrogen (secondary N) is 2. The van der Waals surface area contributed by atoms with Crippen molar-refractivity contribution in [3.8, 4) is 0 Å². The van der Waals surface area contributed by atoms with Crippen molar-refractivity contribution in [3.05, 3.63) is 28.3 Å². The third kappa shape index (κ3) is 2.77. The topological polar surface area (TPSA) is 75.3 Å². The van der Waals surface area contributed by atoms with Gasteiger partial charge in [0.2, 0.25) is 10.0 Å². The van der Waals surface area contributed by atoms with E-state index in [0.29, 0.717) is 0 Å². The van der Waals surface area contributed by atoms with Gasteiger partial charge in [-0.1, -0.05) is 6.07 Å². The molecule has 3 rings (SSSR count). The fourth-order valence-corrected chi connectivity index (χ4v) is 3.80. The average molecular weight is 308 g/mol. The van der Waals surface area contributed by atoms with Crippen molar-refractivity contribution in [2.75, 3.05) is 11.1 Å². The van der Waals surface area contributed by atoms with E-state index in [1.54, 1.807) is 0 Å². The third-order valence-electron chi connectivity index (χ3n) is 4.34. The van der Waals surface area contributed by atoms with Gasteiger partial charge in [-0.05, 0) is 67.7 Å². The first-order chi connectivity index (χ1) is 10.00. The Labute approximate surface area is 125 Å². The van der Waals surface area contributed by atoms with Gasteiger partial charge < -0.3 is 5.32 Å². The van der Waals surface area contributed by atoms with Crippen molar-refractivity contribution in [2.45, 2.75) is 45.4 Å². The highest BCUT2D eigenvalue weighted by molar-refractivity contribution is 7.90. The smallest absolute Gasteiger partial charge is 0.307 e. The zero-order chi connectivity index (χ0) is 15.0. The Morgan fingerprint density at radius 3 is 2.19 bits per heavy atom. The maximum Gasteiger partial charge on any atom is 0.332 e. The molecule has 2 N–H and O–H groups in total. The molecule has 0 aliphatic heterocycles. The lowest BCUT2D eigenvalue weighted by atomic mass is 9.99. The SMILES string of the molecule is CCS(=O)(=O)NC(=O)Nc1c2c(cc3c1CCC3)CCC2. The van der Waals surface area contributed by atoms with Crippen molar-refractivity contribution in [1.82, 2.24) is 4.72 Å². The number of fused-ring (bicyclic) bond motifs is 2. The second kappa shape index (κ2) is 5.33. The fourth-order valence-electron chi connectivity index (χ4n) is 3.32. The highest BCUT2D eigenvalue weighted by Crippen LogP contribution is 2.38. The van der Waals surface area contributed by atoms with Crippen LogP contribution in [0.15, 0.2) is 6.07 Å². The second-order valence-electron chi connectivity index (χ2n) is 5.69. The minimum atomic E-state index is -3.53. The van der Waals surface area contributed by atoms with Crippen LogP contribution in [-0.2, 0) is 35.7 Å². The lowest BCUT2D eigenvalue weighted by Gasteiger charge is -2.16. The van der Waals surface area contributed by atoms with E-state index < -0.39 is 16.1 Å². The second-order valence-corrected chi connectivity index (χ2v) is 7.70. The number of hydrogen-bond acceptors (Lipinski definition) is 3. The van der Waals surface area contributed by atoms with Crippen molar-refractivity contribution in [2.24, 2.45) is 0 Å². The molecule has 6 heteroatoms. The van der Waals surface area contributed by atoms with Gasteiger partial charge in [-0.2, -0.15) is 0 Å².